The number of hydrogen-bond acceptors (Lipinski definition) is 1. The standard InChI is InChI=1S/C24H38O/c1-7-16-8-10-18-17-9-11-20-22(3,4)21(25)14-15(2)24(20,6)19(17)12-13-23(16,18)5/h10,15-16,20-21,25H,7-9,11-14H2,1-6H3/t15?,16-,20-,21-,23+,24+/m0/s1. The van der Waals surface area contributed by atoms with E-state index in [-0.39, 0.29) is 16.9 Å². The molecule has 0 heterocycles. The minimum atomic E-state index is -0.147. The fourth-order valence-electron chi connectivity index (χ4n) is 7.68. The Balaban J connectivity index is 1.81. The van der Waals surface area contributed by atoms with Gasteiger partial charge in [-0.3, -0.25) is 0 Å². The predicted octanol–water partition coefficient (Wildman–Crippen LogP) is 6.28. The number of fused-ring (bicyclic) bond motifs is 4. The van der Waals surface area contributed by atoms with E-state index in [9.17, 15) is 5.11 Å². The summed E-state index contributed by atoms with van der Waals surface area (Å²) in [6, 6.07) is 0. The van der Waals surface area contributed by atoms with Gasteiger partial charge in [0.25, 0.3) is 0 Å². The third-order valence-electron chi connectivity index (χ3n) is 9.61. The van der Waals surface area contributed by atoms with Gasteiger partial charge < -0.3 is 5.11 Å². The Kier molecular flexibility index (Phi) is 3.90. The summed E-state index contributed by atoms with van der Waals surface area (Å²) >= 11 is 0. The fourth-order valence-corrected chi connectivity index (χ4v) is 7.68. The predicted molar refractivity (Wildman–Crippen MR) is 105 cm³/mol. The maximum Gasteiger partial charge on any atom is 0.0597 e. The van der Waals surface area contributed by atoms with Gasteiger partial charge in [0.2, 0.25) is 0 Å². The summed E-state index contributed by atoms with van der Waals surface area (Å²) in [7, 11) is 0. The van der Waals surface area contributed by atoms with E-state index in [0.717, 1.165) is 12.3 Å². The molecule has 1 N–H and O–H groups in total. The van der Waals surface area contributed by atoms with Crippen LogP contribution in [0.5, 0.6) is 0 Å². The van der Waals surface area contributed by atoms with Gasteiger partial charge in [0.15, 0.2) is 0 Å². The molecule has 0 aromatic rings. The lowest BCUT2D eigenvalue weighted by atomic mass is 9.44. The molecule has 0 aromatic carbocycles. The molecule has 0 saturated heterocycles. The van der Waals surface area contributed by atoms with Crippen molar-refractivity contribution < 1.29 is 5.11 Å². The Hall–Kier alpha value is -0.560. The first-order valence-corrected chi connectivity index (χ1v) is 10.8. The SMILES string of the molecule is CC[C@H]1CC=C2C3=C(CC[C@@]21C)[C@@]1(C)C(C)C[C@H](O)C(C)(C)[C@@H]1CC3. The summed E-state index contributed by atoms with van der Waals surface area (Å²) in [6.07, 6.45) is 11.2. The van der Waals surface area contributed by atoms with Crippen molar-refractivity contribution in [3.05, 3.63) is 22.8 Å². The summed E-state index contributed by atoms with van der Waals surface area (Å²) < 4.78 is 0. The van der Waals surface area contributed by atoms with Crippen molar-refractivity contribution in [3.63, 3.8) is 0 Å². The van der Waals surface area contributed by atoms with Crippen LogP contribution in [-0.4, -0.2) is 11.2 Å². The average molecular weight is 343 g/mol. The van der Waals surface area contributed by atoms with Gasteiger partial charge in [-0.15, -0.1) is 0 Å². The van der Waals surface area contributed by atoms with Crippen LogP contribution in [0.15, 0.2) is 22.8 Å². The first-order valence-electron chi connectivity index (χ1n) is 10.8. The molecule has 6 atom stereocenters. The van der Waals surface area contributed by atoms with Crippen molar-refractivity contribution in [2.45, 2.75) is 92.6 Å². The van der Waals surface area contributed by atoms with Gasteiger partial charge in [0.05, 0.1) is 6.10 Å². The molecule has 0 amide bonds. The van der Waals surface area contributed by atoms with E-state index in [2.05, 4.69) is 47.6 Å². The first-order chi connectivity index (χ1) is 11.7. The van der Waals surface area contributed by atoms with Crippen LogP contribution in [0.3, 0.4) is 0 Å². The third-order valence-corrected chi connectivity index (χ3v) is 9.61. The van der Waals surface area contributed by atoms with E-state index in [1.807, 2.05) is 0 Å². The molecule has 0 radical (unpaired) electrons. The molecular formula is C24H38O. The topological polar surface area (TPSA) is 20.2 Å². The van der Waals surface area contributed by atoms with Crippen molar-refractivity contribution in [3.8, 4) is 0 Å². The minimum Gasteiger partial charge on any atom is -0.393 e. The number of aliphatic hydroxyl groups is 1. The number of aliphatic hydroxyl groups excluding tert-OH is 1. The highest BCUT2D eigenvalue weighted by atomic mass is 16.3. The molecule has 4 aliphatic carbocycles. The zero-order chi connectivity index (χ0) is 18.2. The lowest BCUT2D eigenvalue weighted by Crippen LogP contribution is -2.56. The molecule has 1 saturated carbocycles. The van der Waals surface area contributed by atoms with Crippen molar-refractivity contribution in [1.82, 2.24) is 0 Å². The normalized spacial score (nSPS) is 48.5. The zero-order valence-electron chi connectivity index (χ0n) is 17.3. The second kappa shape index (κ2) is 5.47. The Bertz CT molecular complexity index is 638. The summed E-state index contributed by atoms with van der Waals surface area (Å²) in [5.74, 6) is 2.05. The van der Waals surface area contributed by atoms with Gasteiger partial charge in [-0.05, 0) is 83.7 Å². The van der Waals surface area contributed by atoms with E-state index in [0.29, 0.717) is 17.3 Å². The van der Waals surface area contributed by atoms with Gasteiger partial charge >= 0.3 is 0 Å². The Morgan fingerprint density at radius 1 is 1.16 bits per heavy atom. The van der Waals surface area contributed by atoms with Crippen LogP contribution >= 0.6 is 0 Å². The van der Waals surface area contributed by atoms with Crippen LogP contribution in [0, 0.1) is 34.0 Å². The molecule has 140 valence electrons. The Morgan fingerprint density at radius 2 is 1.88 bits per heavy atom. The van der Waals surface area contributed by atoms with Crippen LogP contribution < -0.4 is 0 Å². The Morgan fingerprint density at radius 3 is 2.56 bits per heavy atom. The number of hydrogen-bond donors (Lipinski definition) is 1. The van der Waals surface area contributed by atoms with Crippen molar-refractivity contribution in [1.29, 1.82) is 0 Å². The lowest BCUT2D eigenvalue weighted by Gasteiger charge is -2.61. The van der Waals surface area contributed by atoms with E-state index in [4.69, 9.17) is 0 Å². The number of rotatable bonds is 1. The van der Waals surface area contributed by atoms with Gasteiger partial charge in [-0.2, -0.15) is 0 Å². The summed E-state index contributed by atoms with van der Waals surface area (Å²) in [5.41, 5.74) is 6.03. The second-order valence-corrected chi connectivity index (χ2v) is 10.7. The quantitative estimate of drug-likeness (QED) is 0.594. The van der Waals surface area contributed by atoms with E-state index < -0.39 is 0 Å². The molecule has 0 aromatic heterocycles. The highest BCUT2D eigenvalue weighted by Gasteiger charge is 2.59. The molecule has 1 heteroatoms. The maximum atomic E-state index is 10.8. The average Bonchev–Trinajstić information content (AvgIpc) is 2.90. The van der Waals surface area contributed by atoms with Gasteiger partial charge in [0, 0.05) is 0 Å². The molecule has 1 fully saturated rings. The van der Waals surface area contributed by atoms with Crippen LogP contribution in [0.1, 0.15) is 86.5 Å². The fraction of sp³-hybridized carbons (Fsp3) is 0.833. The first kappa shape index (κ1) is 17.8. The molecule has 4 aliphatic rings. The molecule has 0 aliphatic heterocycles. The van der Waals surface area contributed by atoms with Crippen LogP contribution in [0.4, 0.5) is 0 Å². The molecule has 1 unspecified atom stereocenters. The highest BCUT2D eigenvalue weighted by Crippen LogP contribution is 2.67. The second-order valence-electron chi connectivity index (χ2n) is 10.7. The molecular weight excluding hydrogens is 304 g/mol. The molecule has 0 spiro atoms. The van der Waals surface area contributed by atoms with Crippen molar-refractivity contribution >= 4 is 0 Å². The van der Waals surface area contributed by atoms with Crippen LogP contribution in [0.25, 0.3) is 0 Å². The van der Waals surface area contributed by atoms with Gasteiger partial charge in [0.1, 0.15) is 0 Å². The molecule has 0 bridgehead atoms. The molecule has 4 rings (SSSR count). The van der Waals surface area contributed by atoms with E-state index >= 15 is 0 Å². The van der Waals surface area contributed by atoms with Crippen LogP contribution in [-0.2, 0) is 0 Å². The molecule has 1 nitrogen and oxygen atoms in total. The highest BCUT2D eigenvalue weighted by molar-refractivity contribution is 5.50. The van der Waals surface area contributed by atoms with Crippen molar-refractivity contribution in [2.75, 3.05) is 0 Å². The van der Waals surface area contributed by atoms with Gasteiger partial charge in [-0.25, -0.2) is 0 Å². The lowest BCUT2D eigenvalue weighted by molar-refractivity contribution is -0.118. The summed E-state index contributed by atoms with van der Waals surface area (Å²) in [6.45, 7) is 14.5. The van der Waals surface area contributed by atoms with E-state index in [1.165, 1.54) is 38.5 Å². The zero-order valence-corrected chi connectivity index (χ0v) is 17.3. The maximum absolute atomic E-state index is 10.8. The summed E-state index contributed by atoms with van der Waals surface area (Å²) in [4.78, 5) is 0. The third kappa shape index (κ3) is 2.11. The Labute approximate surface area is 155 Å². The summed E-state index contributed by atoms with van der Waals surface area (Å²) in [5, 5.41) is 10.8. The number of allylic oxidation sites excluding steroid dienone is 4. The van der Waals surface area contributed by atoms with Crippen molar-refractivity contribution in [2.24, 2.45) is 34.0 Å². The molecule has 25 heavy (non-hydrogen) atoms. The monoisotopic (exact) mass is 342 g/mol. The van der Waals surface area contributed by atoms with Crippen LogP contribution in [0.2, 0.25) is 0 Å². The largest absolute Gasteiger partial charge is 0.393 e. The van der Waals surface area contributed by atoms with Gasteiger partial charge in [-0.1, -0.05) is 59.6 Å². The smallest absolute Gasteiger partial charge is 0.0597 e. The minimum absolute atomic E-state index is 0.0382. The van der Waals surface area contributed by atoms with E-state index in [1.54, 1.807) is 16.7 Å².